The van der Waals surface area contributed by atoms with E-state index in [4.69, 9.17) is 4.74 Å². The van der Waals surface area contributed by atoms with Crippen LogP contribution in [-0.4, -0.2) is 23.4 Å². The van der Waals surface area contributed by atoms with Gasteiger partial charge in [-0.15, -0.1) is 0 Å². The molecule has 0 bridgehead atoms. The predicted octanol–water partition coefficient (Wildman–Crippen LogP) is 4.83. The molecule has 2 aromatic rings. The fourth-order valence-electron chi connectivity index (χ4n) is 3.93. The Morgan fingerprint density at radius 2 is 1.66 bits per heavy atom. The van der Waals surface area contributed by atoms with Gasteiger partial charge in [0.15, 0.2) is 0 Å². The lowest BCUT2D eigenvalue weighted by molar-refractivity contribution is -0.142. The van der Waals surface area contributed by atoms with Crippen LogP contribution < -0.4 is 0 Å². The number of carbonyl (C=O) groups is 2. The molecule has 1 heterocycles. The second kappa shape index (κ2) is 10.2. The van der Waals surface area contributed by atoms with Crippen molar-refractivity contribution in [2.75, 3.05) is 6.61 Å². The second-order valence-corrected chi connectivity index (χ2v) is 7.20. The molecule has 0 spiro atoms. The molecular weight excluding hydrogens is 362 g/mol. The summed E-state index contributed by atoms with van der Waals surface area (Å²) < 4.78 is 5.15. The first-order valence-electron chi connectivity index (χ1n) is 10.5. The van der Waals surface area contributed by atoms with E-state index in [1.807, 2.05) is 62.9 Å². The van der Waals surface area contributed by atoms with Gasteiger partial charge in [-0.1, -0.05) is 44.2 Å². The third-order valence-electron chi connectivity index (χ3n) is 5.61. The molecule has 0 N–H and O–H groups in total. The van der Waals surface area contributed by atoms with E-state index in [0.717, 1.165) is 33.4 Å². The molecular formula is C25H33NO3. The normalized spacial score (nSPS) is 12.8. The highest BCUT2D eigenvalue weighted by Gasteiger charge is 2.28. The van der Waals surface area contributed by atoms with Crippen molar-refractivity contribution in [2.24, 2.45) is 0 Å². The minimum atomic E-state index is -0.198. The number of carbonyl (C=O) groups excluding carboxylic acids is 2. The number of hydrogen-bond acceptors (Lipinski definition) is 3. The summed E-state index contributed by atoms with van der Waals surface area (Å²) in [4.78, 5) is 26.7. The molecule has 0 unspecified atom stereocenters. The van der Waals surface area contributed by atoms with Crippen molar-refractivity contribution in [3.05, 3.63) is 69.3 Å². The van der Waals surface area contributed by atoms with Gasteiger partial charge in [0.25, 0.3) is 0 Å². The number of amides is 1. The predicted molar refractivity (Wildman–Crippen MR) is 117 cm³/mol. The van der Waals surface area contributed by atoms with Crippen LogP contribution in [0.5, 0.6) is 0 Å². The molecule has 3 rings (SSSR count). The summed E-state index contributed by atoms with van der Waals surface area (Å²) in [5.41, 5.74) is 7.83. The van der Waals surface area contributed by atoms with Crippen molar-refractivity contribution < 1.29 is 14.3 Å². The lowest BCUT2D eigenvalue weighted by Gasteiger charge is -2.33. The highest BCUT2D eigenvalue weighted by atomic mass is 16.5. The van der Waals surface area contributed by atoms with E-state index in [1.165, 1.54) is 5.56 Å². The summed E-state index contributed by atoms with van der Waals surface area (Å²) in [7, 11) is 0. The van der Waals surface area contributed by atoms with E-state index in [2.05, 4.69) is 13.8 Å². The van der Waals surface area contributed by atoms with Gasteiger partial charge in [0.1, 0.15) is 0 Å². The van der Waals surface area contributed by atoms with Crippen molar-refractivity contribution >= 4 is 11.9 Å². The van der Waals surface area contributed by atoms with Gasteiger partial charge in [-0.2, -0.15) is 0 Å². The average molecular weight is 396 g/mol. The molecule has 0 radical (unpaired) electrons. The molecule has 29 heavy (non-hydrogen) atoms. The van der Waals surface area contributed by atoms with Gasteiger partial charge >= 0.3 is 5.97 Å². The van der Waals surface area contributed by atoms with Gasteiger partial charge in [0.2, 0.25) is 5.91 Å². The Balaban J connectivity index is 0.00000145. The van der Waals surface area contributed by atoms with Gasteiger partial charge in [-0.3, -0.25) is 9.59 Å². The van der Waals surface area contributed by atoms with E-state index >= 15 is 0 Å². The lowest BCUT2D eigenvalue weighted by Crippen LogP contribution is -2.37. The first kappa shape index (κ1) is 22.7. The molecule has 0 fully saturated rings. The topological polar surface area (TPSA) is 46.6 Å². The maximum Gasteiger partial charge on any atom is 0.310 e. The smallest absolute Gasteiger partial charge is 0.310 e. The van der Waals surface area contributed by atoms with Gasteiger partial charge in [0, 0.05) is 13.1 Å². The lowest BCUT2D eigenvalue weighted by atomic mass is 9.83. The number of fused-ring (bicyclic) bond motifs is 1. The van der Waals surface area contributed by atoms with E-state index in [-0.39, 0.29) is 18.3 Å². The molecule has 4 heteroatoms. The van der Waals surface area contributed by atoms with Crippen LogP contribution >= 0.6 is 0 Å². The Hall–Kier alpha value is -2.62. The Morgan fingerprint density at radius 3 is 2.28 bits per heavy atom. The Kier molecular flexibility index (Phi) is 8.00. The highest BCUT2D eigenvalue weighted by Crippen LogP contribution is 2.32. The van der Waals surface area contributed by atoms with Gasteiger partial charge < -0.3 is 9.64 Å². The molecule has 2 aromatic carbocycles. The zero-order chi connectivity index (χ0) is 21.6. The van der Waals surface area contributed by atoms with E-state index in [9.17, 15) is 9.59 Å². The fraction of sp³-hybridized carbons (Fsp3) is 0.440. The molecule has 1 aliphatic rings. The summed E-state index contributed by atoms with van der Waals surface area (Å²) in [6.45, 7) is 13.6. The molecule has 1 amide bonds. The zero-order valence-corrected chi connectivity index (χ0v) is 18.6. The van der Waals surface area contributed by atoms with Gasteiger partial charge in [-0.05, 0) is 66.6 Å². The van der Waals surface area contributed by atoms with Crippen molar-refractivity contribution in [1.29, 1.82) is 0 Å². The molecule has 4 nitrogen and oxygen atoms in total. The number of nitrogens with zero attached hydrogens (tertiary/aromatic N) is 1. The van der Waals surface area contributed by atoms with Crippen LogP contribution in [0.1, 0.15) is 59.7 Å². The van der Waals surface area contributed by atoms with Crippen molar-refractivity contribution in [2.45, 2.75) is 67.5 Å². The average Bonchev–Trinajstić information content (AvgIpc) is 2.73. The van der Waals surface area contributed by atoms with E-state index in [0.29, 0.717) is 26.1 Å². The third-order valence-corrected chi connectivity index (χ3v) is 5.61. The number of hydrogen-bond donors (Lipinski definition) is 0. The third kappa shape index (κ3) is 5.06. The van der Waals surface area contributed by atoms with Crippen LogP contribution in [0.2, 0.25) is 0 Å². The van der Waals surface area contributed by atoms with Gasteiger partial charge in [-0.25, -0.2) is 0 Å². The Bertz CT molecular complexity index is 872. The van der Waals surface area contributed by atoms with Crippen LogP contribution in [-0.2, 0) is 40.3 Å². The number of ether oxygens (including phenoxy) is 1. The van der Waals surface area contributed by atoms with Crippen molar-refractivity contribution in [3.8, 4) is 0 Å². The summed E-state index contributed by atoms with van der Waals surface area (Å²) in [6, 6.07) is 10.1. The van der Waals surface area contributed by atoms with Crippen molar-refractivity contribution in [3.63, 3.8) is 0 Å². The molecule has 0 aliphatic carbocycles. The number of rotatable bonds is 5. The Labute approximate surface area is 174 Å². The molecule has 0 saturated heterocycles. The minimum absolute atomic E-state index is 0.159. The zero-order valence-electron chi connectivity index (χ0n) is 18.6. The maximum atomic E-state index is 12.7. The van der Waals surface area contributed by atoms with Crippen LogP contribution in [0.15, 0.2) is 30.3 Å². The second-order valence-electron chi connectivity index (χ2n) is 7.20. The molecule has 0 atom stereocenters. The summed E-state index contributed by atoms with van der Waals surface area (Å²) >= 11 is 0. The van der Waals surface area contributed by atoms with Crippen LogP contribution in [0, 0.1) is 20.8 Å². The van der Waals surface area contributed by atoms with Crippen LogP contribution in [0.25, 0.3) is 0 Å². The maximum absolute atomic E-state index is 12.7. The standard InChI is InChI=1S/C23H27NO3.C2H6/c1-5-27-23(26)12-19-15(2)16(3)20-11-22(25)24(14-21(20)17(19)4)13-18-9-7-6-8-10-18;1-2/h6-10H,5,11-14H2,1-4H3;1-2H3. The van der Waals surface area contributed by atoms with Crippen LogP contribution in [0.4, 0.5) is 0 Å². The van der Waals surface area contributed by atoms with Crippen molar-refractivity contribution in [1.82, 2.24) is 4.90 Å². The summed E-state index contributed by atoms with van der Waals surface area (Å²) in [5.74, 6) is -0.0394. The quantitative estimate of drug-likeness (QED) is 0.681. The van der Waals surface area contributed by atoms with E-state index < -0.39 is 0 Å². The first-order valence-corrected chi connectivity index (χ1v) is 10.5. The first-order chi connectivity index (χ1) is 13.9. The molecule has 0 aromatic heterocycles. The van der Waals surface area contributed by atoms with Crippen LogP contribution in [0.3, 0.4) is 0 Å². The summed E-state index contributed by atoms with van der Waals surface area (Å²) in [6.07, 6.45) is 0.710. The molecule has 0 saturated carbocycles. The number of esters is 1. The summed E-state index contributed by atoms with van der Waals surface area (Å²) in [5, 5.41) is 0. The SMILES string of the molecule is CC.CCOC(=O)Cc1c(C)c(C)c2c(c1C)CN(Cc1ccccc1)C(=O)C2. The minimum Gasteiger partial charge on any atom is -0.466 e. The van der Waals surface area contributed by atoms with Gasteiger partial charge in [0.05, 0.1) is 19.4 Å². The highest BCUT2D eigenvalue weighted by molar-refractivity contribution is 5.83. The fourth-order valence-corrected chi connectivity index (χ4v) is 3.93. The number of benzene rings is 2. The Morgan fingerprint density at radius 1 is 1.00 bits per heavy atom. The monoisotopic (exact) mass is 395 g/mol. The van der Waals surface area contributed by atoms with E-state index in [1.54, 1.807) is 0 Å². The molecule has 156 valence electrons. The molecule has 1 aliphatic heterocycles. The largest absolute Gasteiger partial charge is 0.466 e.